The van der Waals surface area contributed by atoms with Crippen LogP contribution < -0.4 is 5.73 Å². The third-order valence-corrected chi connectivity index (χ3v) is 6.91. The highest BCUT2D eigenvalue weighted by Crippen LogP contribution is 2.39. The molecule has 3 atom stereocenters. The van der Waals surface area contributed by atoms with Gasteiger partial charge in [-0.2, -0.15) is 11.8 Å². The van der Waals surface area contributed by atoms with E-state index in [9.17, 15) is 5.11 Å². The van der Waals surface area contributed by atoms with E-state index in [-0.39, 0.29) is 25.4 Å². The highest BCUT2D eigenvalue weighted by molar-refractivity contribution is 7.99. The normalized spacial score (nSPS) is 20.6. The molecule has 6 heteroatoms. The van der Waals surface area contributed by atoms with E-state index >= 15 is 0 Å². The van der Waals surface area contributed by atoms with Crippen LogP contribution in [-0.2, 0) is 22.6 Å². The van der Waals surface area contributed by atoms with Crippen LogP contribution in [0.4, 0.5) is 0 Å². The number of benzene rings is 3. The lowest BCUT2D eigenvalue weighted by Gasteiger charge is -2.36. The zero-order chi connectivity index (χ0) is 23.0. The summed E-state index contributed by atoms with van der Waals surface area (Å²) in [6.07, 6.45) is 0.198. The number of hydrogen-bond donors (Lipinski definition) is 3. The molecule has 1 fully saturated rings. The van der Waals surface area contributed by atoms with Crippen molar-refractivity contribution in [2.24, 2.45) is 5.73 Å². The van der Waals surface area contributed by atoms with Gasteiger partial charge in [0.2, 0.25) is 0 Å². The number of thioether (sulfide) groups is 1. The Labute approximate surface area is 199 Å². The van der Waals surface area contributed by atoms with Gasteiger partial charge >= 0.3 is 0 Å². The van der Waals surface area contributed by atoms with Crippen molar-refractivity contribution in [2.45, 2.75) is 38.1 Å². The molecule has 174 valence electrons. The largest absolute Gasteiger partial charge is 0.396 e. The summed E-state index contributed by atoms with van der Waals surface area (Å²) in [5, 5.41) is 18.5. The molecule has 4 rings (SSSR count). The maximum Gasteiger partial charge on any atom is 0.184 e. The van der Waals surface area contributed by atoms with E-state index in [0.29, 0.717) is 12.3 Å². The van der Waals surface area contributed by atoms with Gasteiger partial charge in [-0.05, 0) is 33.9 Å². The Hall–Kier alpha value is -2.19. The second-order valence-electron chi connectivity index (χ2n) is 8.18. The van der Waals surface area contributed by atoms with E-state index < -0.39 is 6.29 Å². The Morgan fingerprint density at radius 1 is 0.848 bits per heavy atom. The Morgan fingerprint density at radius 3 is 2.30 bits per heavy atom. The molecule has 0 radical (unpaired) electrons. The second-order valence-corrected chi connectivity index (χ2v) is 9.33. The molecule has 1 heterocycles. The zero-order valence-electron chi connectivity index (χ0n) is 18.6. The van der Waals surface area contributed by atoms with Crippen molar-refractivity contribution in [3.05, 3.63) is 95.1 Å². The predicted octanol–water partition coefficient (Wildman–Crippen LogP) is 4.58. The molecule has 0 bridgehead atoms. The van der Waals surface area contributed by atoms with Gasteiger partial charge in [0.25, 0.3) is 0 Å². The molecular weight excluding hydrogens is 434 g/mol. The average molecular weight is 466 g/mol. The molecule has 0 aliphatic carbocycles. The number of nitrogens with two attached hydrogens (primary N) is 1. The van der Waals surface area contributed by atoms with Crippen LogP contribution in [0, 0.1) is 0 Å². The van der Waals surface area contributed by atoms with Gasteiger partial charge in [0.05, 0.1) is 25.4 Å². The SMILES string of the molecule is NCc1cccc(-c2ccc([C@@H]3O[C@H](CSCCO)C[C@H](c4ccc(CO)cc4)O3)cc2)c1. The molecule has 4 N–H and O–H groups in total. The lowest BCUT2D eigenvalue weighted by molar-refractivity contribution is -0.245. The first-order valence-electron chi connectivity index (χ1n) is 11.3. The highest BCUT2D eigenvalue weighted by Gasteiger charge is 2.32. The summed E-state index contributed by atoms with van der Waals surface area (Å²) < 4.78 is 12.7. The molecule has 0 saturated carbocycles. The minimum Gasteiger partial charge on any atom is -0.396 e. The fraction of sp³-hybridized carbons (Fsp3) is 0.333. The summed E-state index contributed by atoms with van der Waals surface area (Å²) in [7, 11) is 0. The molecule has 33 heavy (non-hydrogen) atoms. The Morgan fingerprint density at radius 2 is 1.61 bits per heavy atom. The van der Waals surface area contributed by atoms with Crippen LogP contribution in [-0.4, -0.2) is 34.4 Å². The molecule has 5 nitrogen and oxygen atoms in total. The summed E-state index contributed by atoms with van der Waals surface area (Å²) in [6, 6.07) is 24.5. The summed E-state index contributed by atoms with van der Waals surface area (Å²) in [6.45, 7) is 0.709. The van der Waals surface area contributed by atoms with Gasteiger partial charge in [-0.25, -0.2) is 0 Å². The van der Waals surface area contributed by atoms with Crippen LogP contribution in [0.15, 0.2) is 72.8 Å². The van der Waals surface area contributed by atoms with Crippen LogP contribution in [0.25, 0.3) is 11.1 Å². The van der Waals surface area contributed by atoms with E-state index in [1.54, 1.807) is 11.8 Å². The molecule has 1 saturated heterocycles. The zero-order valence-corrected chi connectivity index (χ0v) is 19.4. The minimum absolute atomic E-state index is 0.0173. The molecule has 3 aromatic carbocycles. The Kier molecular flexibility index (Phi) is 8.56. The summed E-state index contributed by atoms with van der Waals surface area (Å²) >= 11 is 1.69. The van der Waals surface area contributed by atoms with Crippen molar-refractivity contribution in [3.8, 4) is 11.1 Å². The number of rotatable bonds is 9. The second kappa shape index (κ2) is 11.8. The van der Waals surface area contributed by atoms with E-state index in [4.69, 9.17) is 20.3 Å². The van der Waals surface area contributed by atoms with Crippen molar-refractivity contribution < 1.29 is 19.7 Å². The van der Waals surface area contributed by atoms with E-state index in [2.05, 4.69) is 36.4 Å². The first-order chi connectivity index (χ1) is 16.2. The lowest BCUT2D eigenvalue weighted by Crippen LogP contribution is -2.31. The van der Waals surface area contributed by atoms with Crippen LogP contribution in [0.2, 0.25) is 0 Å². The van der Waals surface area contributed by atoms with Gasteiger partial charge in [-0.3, -0.25) is 0 Å². The van der Waals surface area contributed by atoms with E-state index in [1.165, 1.54) is 0 Å². The molecular formula is C27H31NO4S. The molecule has 0 amide bonds. The number of aliphatic hydroxyl groups excluding tert-OH is 2. The average Bonchev–Trinajstić information content (AvgIpc) is 2.89. The van der Waals surface area contributed by atoms with Gasteiger partial charge in [-0.1, -0.05) is 66.7 Å². The smallest absolute Gasteiger partial charge is 0.184 e. The van der Waals surface area contributed by atoms with Gasteiger partial charge in [0.1, 0.15) is 0 Å². The molecule has 0 spiro atoms. The van der Waals surface area contributed by atoms with Crippen LogP contribution in [0.3, 0.4) is 0 Å². The molecule has 3 aromatic rings. The quantitative estimate of drug-likeness (QED) is 0.401. The van der Waals surface area contributed by atoms with Crippen LogP contribution >= 0.6 is 11.8 Å². The minimum atomic E-state index is -0.467. The standard InChI is InChI=1S/C27H31NO4S/c28-16-20-2-1-3-24(14-20)21-8-10-23(11-9-21)27-31-25(18-33-13-12-29)15-26(32-27)22-6-4-19(17-30)5-7-22/h1-11,14,25-27,29-30H,12-13,15-18,28H2/t25-,26+,27+/m0/s1. The van der Waals surface area contributed by atoms with Crippen LogP contribution in [0.5, 0.6) is 0 Å². The third kappa shape index (κ3) is 6.23. The molecule has 0 aromatic heterocycles. The number of ether oxygens (including phenoxy) is 2. The topological polar surface area (TPSA) is 84.9 Å². The van der Waals surface area contributed by atoms with Crippen molar-refractivity contribution in [3.63, 3.8) is 0 Å². The van der Waals surface area contributed by atoms with Crippen LogP contribution in [0.1, 0.15) is 41.1 Å². The third-order valence-electron chi connectivity index (χ3n) is 5.83. The van der Waals surface area contributed by atoms with Gasteiger partial charge < -0.3 is 25.4 Å². The highest BCUT2D eigenvalue weighted by atomic mass is 32.2. The van der Waals surface area contributed by atoms with Gasteiger partial charge in [0, 0.05) is 30.0 Å². The fourth-order valence-corrected chi connectivity index (χ4v) is 4.79. The van der Waals surface area contributed by atoms with Crippen molar-refractivity contribution in [2.75, 3.05) is 18.1 Å². The van der Waals surface area contributed by atoms with Gasteiger partial charge in [0.15, 0.2) is 6.29 Å². The molecule has 1 aliphatic heterocycles. The first kappa shape index (κ1) is 24.0. The van der Waals surface area contributed by atoms with Crippen molar-refractivity contribution in [1.82, 2.24) is 0 Å². The maximum absolute atomic E-state index is 9.35. The van der Waals surface area contributed by atoms with Crippen molar-refractivity contribution >= 4 is 11.8 Å². The van der Waals surface area contributed by atoms with E-state index in [1.807, 2.05) is 36.4 Å². The van der Waals surface area contributed by atoms with E-state index in [0.717, 1.165) is 45.6 Å². The first-order valence-corrected chi connectivity index (χ1v) is 12.4. The predicted molar refractivity (Wildman–Crippen MR) is 133 cm³/mol. The van der Waals surface area contributed by atoms with Crippen molar-refractivity contribution in [1.29, 1.82) is 0 Å². The summed E-state index contributed by atoms with van der Waals surface area (Å²) in [5.74, 6) is 1.49. The maximum atomic E-state index is 9.35. The Bertz CT molecular complexity index is 1010. The summed E-state index contributed by atoms with van der Waals surface area (Å²) in [4.78, 5) is 0. The van der Waals surface area contributed by atoms with Gasteiger partial charge in [-0.15, -0.1) is 0 Å². The monoisotopic (exact) mass is 465 g/mol. The fourth-order valence-electron chi connectivity index (χ4n) is 4.01. The number of hydrogen-bond acceptors (Lipinski definition) is 6. The molecule has 1 aliphatic rings. The number of aliphatic hydroxyl groups is 2. The molecule has 0 unspecified atom stereocenters. The Balaban J connectivity index is 1.53. The summed E-state index contributed by atoms with van der Waals surface area (Å²) in [5.41, 5.74) is 12.1. The lowest BCUT2D eigenvalue weighted by atomic mass is 9.99.